The molecule has 1 aliphatic heterocycles. The number of rotatable bonds is 6. The summed E-state index contributed by atoms with van der Waals surface area (Å²) in [5, 5.41) is 11.5. The third kappa shape index (κ3) is 4.10. The van der Waals surface area contributed by atoms with Crippen LogP contribution in [-0.2, 0) is 5.60 Å². The van der Waals surface area contributed by atoms with Crippen molar-refractivity contribution in [2.45, 2.75) is 63.6 Å². The van der Waals surface area contributed by atoms with Gasteiger partial charge in [0.05, 0.1) is 5.69 Å². The van der Waals surface area contributed by atoms with Crippen molar-refractivity contribution in [3.8, 4) is 0 Å². The molecule has 2 aromatic rings. The van der Waals surface area contributed by atoms with E-state index in [4.69, 9.17) is 0 Å². The summed E-state index contributed by atoms with van der Waals surface area (Å²) in [6.45, 7) is 5.69. The molecule has 0 bridgehead atoms. The van der Waals surface area contributed by atoms with Crippen LogP contribution in [0.5, 0.6) is 0 Å². The summed E-state index contributed by atoms with van der Waals surface area (Å²) in [6, 6.07) is 17.0. The fraction of sp³-hybridized carbons (Fsp3) is 0.500. The van der Waals surface area contributed by atoms with Crippen LogP contribution in [0.15, 0.2) is 54.7 Å². The van der Waals surface area contributed by atoms with Crippen LogP contribution in [0.4, 0.5) is 0 Å². The minimum absolute atomic E-state index is 0.642. The zero-order valence-electron chi connectivity index (χ0n) is 15.4. The molecule has 0 unspecified atom stereocenters. The Morgan fingerprint density at radius 3 is 2.36 bits per heavy atom. The second kappa shape index (κ2) is 8.11. The van der Waals surface area contributed by atoms with E-state index in [1.807, 2.05) is 48.5 Å². The lowest BCUT2D eigenvalue weighted by atomic mass is 9.85. The van der Waals surface area contributed by atoms with Crippen molar-refractivity contribution in [2.24, 2.45) is 0 Å². The number of benzene rings is 1. The Labute approximate surface area is 151 Å². The van der Waals surface area contributed by atoms with Crippen LogP contribution in [0, 0.1) is 0 Å². The molecule has 2 heterocycles. The molecule has 1 aromatic heterocycles. The number of aliphatic hydroxyl groups is 1. The van der Waals surface area contributed by atoms with Crippen molar-refractivity contribution >= 4 is 0 Å². The molecule has 25 heavy (non-hydrogen) atoms. The molecule has 1 aliphatic rings. The Morgan fingerprint density at radius 2 is 1.72 bits per heavy atom. The van der Waals surface area contributed by atoms with Crippen molar-refractivity contribution in [1.82, 2.24) is 9.88 Å². The van der Waals surface area contributed by atoms with Crippen LogP contribution in [0.25, 0.3) is 0 Å². The minimum atomic E-state index is -1.02. The first-order valence-electron chi connectivity index (χ1n) is 9.56. The highest BCUT2D eigenvalue weighted by atomic mass is 16.3. The maximum absolute atomic E-state index is 11.5. The van der Waals surface area contributed by atoms with Crippen LogP contribution in [0.2, 0.25) is 0 Å². The quantitative estimate of drug-likeness (QED) is 0.850. The summed E-state index contributed by atoms with van der Waals surface area (Å²) in [4.78, 5) is 7.06. The van der Waals surface area contributed by atoms with Gasteiger partial charge in [0.25, 0.3) is 0 Å². The van der Waals surface area contributed by atoms with Crippen LogP contribution < -0.4 is 0 Å². The van der Waals surface area contributed by atoms with E-state index in [1.165, 1.54) is 19.3 Å². The zero-order valence-corrected chi connectivity index (χ0v) is 15.4. The fourth-order valence-electron chi connectivity index (χ4n) is 4.17. The molecule has 1 aromatic carbocycles. The van der Waals surface area contributed by atoms with E-state index in [9.17, 15) is 5.11 Å². The van der Waals surface area contributed by atoms with Crippen molar-refractivity contribution in [3.05, 3.63) is 66.0 Å². The number of aromatic nitrogens is 1. The molecule has 0 aliphatic carbocycles. The Morgan fingerprint density at radius 1 is 1.04 bits per heavy atom. The summed E-state index contributed by atoms with van der Waals surface area (Å²) in [5.74, 6) is 0. The van der Waals surface area contributed by atoms with Crippen LogP contribution >= 0.6 is 0 Å². The van der Waals surface area contributed by atoms with Gasteiger partial charge < -0.3 is 5.11 Å². The lowest BCUT2D eigenvalue weighted by molar-refractivity contribution is 0.0489. The summed E-state index contributed by atoms with van der Waals surface area (Å²) < 4.78 is 0. The van der Waals surface area contributed by atoms with Gasteiger partial charge in [-0.1, -0.05) is 42.8 Å². The zero-order chi connectivity index (χ0) is 17.7. The molecule has 134 valence electrons. The first-order valence-corrected chi connectivity index (χ1v) is 9.56. The average Bonchev–Trinajstić information content (AvgIpc) is 2.65. The molecule has 0 radical (unpaired) electrons. The molecule has 0 amide bonds. The van der Waals surface area contributed by atoms with Crippen LogP contribution in [-0.4, -0.2) is 33.6 Å². The number of pyridine rings is 1. The molecule has 3 atom stereocenters. The predicted molar refractivity (Wildman–Crippen MR) is 102 cm³/mol. The maximum Gasteiger partial charge on any atom is 0.131 e. The van der Waals surface area contributed by atoms with Crippen molar-refractivity contribution in [2.75, 3.05) is 6.54 Å². The summed E-state index contributed by atoms with van der Waals surface area (Å²) in [5.41, 5.74) is 0.638. The fourth-order valence-corrected chi connectivity index (χ4v) is 4.17. The van der Waals surface area contributed by atoms with E-state index in [0.717, 1.165) is 24.2 Å². The SMILES string of the molecule is C[C@@H]1CCC[C@H](C)N1CCC[C@@](O)(c1ccccc1)c1ccccn1. The largest absolute Gasteiger partial charge is 0.379 e. The van der Waals surface area contributed by atoms with Gasteiger partial charge in [-0.2, -0.15) is 0 Å². The molecule has 3 nitrogen and oxygen atoms in total. The number of hydrogen-bond acceptors (Lipinski definition) is 3. The van der Waals surface area contributed by atoms with E-state index in [2.05, 4.69) is 23.7 Å². The number of nitrogens with zero attached hydrogens (tertiary/aromatic N) is 2. The van der Waals surface area contributed by atoms with E-state index in [1.54, 1.807) is 6.20 Å². The van der Waals surface area contributed by atoms with E-state index >= 15 is 0 Å². The van der Waals surface area contributed by atoms with E-state index in [0.29, 0.717) is 18.5 Å². The number of likely N-dealkylation sites (tertiary alicyclic amines) is 1. The maximum atomic E-state index is 11.5. The van der Waals surface area contributed by atoms with Crippen molar-refractivity contribution in [1.29, 1.82) is 0 Å². The molecular formula is C22H30N2O. The second-order valence-corrected chi connectivity index (χ2v) is 7.41. The molecule has 3 heteroatoms. The van der Waals surface area contributed by atoms with Crippen LogP contribution in [0.3, 0.4) is 0 Å². The van der Waals surface area contributed by atoms with E-state index < -0.39 is 5.60 Å². The highest BCUT2D eigenvalue weighted by Gasteiger charge is 2.33. The average molecular weight is 338 g/mol. The molecule has 3 rings (SSSR count). The number of hydrogen-bond donors (Lipinski definition) is 1. The van der Waals surface area contributed by atoms with Gasteiger partial charge in [0.15, 0.2) is 0 Å². The van der Waals surface area contributed by atoms with Crippen molar-refractivity contribution < 1.29 is 5.11 Å². The Hall–Kier alpha value is -1.71. The molecule has 1 fully saturated rings. The normalized spacial score (nSPS) is 24.0. The van der Waals surface area contributed by atoms with Gasteiger partial charge in [-0.15, -0.1) is 0 Å². The molecular weight excluding hydrogens is 308 g/mol. The van der Waals surface area contributed by atoms with E-state index in [-0.39, 0.29) is 0 Å². The minimum Gasteiger partial charge on any atom is -0.379 e. The van der Waals surface area contributed by atoms with Crippen molar-refractivity contribution in [3.63, 3.8) is 0 Å². The standard InChI is InChI=1S/C22H30N2O/c1-18-10-8-11-19(2)24(18)17-9-15-22(25,20-12-4-3-5-13-20)21-14-6-7-16-23-21/h3-7,12-14,16,18-19,25H,8-11,15,17H2,1-2H3/t18-,19+,22-/m1/s1. The Bertz CT molecular complexity index is 594. The second-order valence-electron chi connectivity index (χ2n) is 7.41. The summed E-state index contributed by atoms with van der Waals surface area (Å²) in [6.07, 6.45) is 7.31. The monoisotopic (exact) mass is 338 g/mol. The lowest BCUT2D eigenvalue weighted by Gasteiger charge is -2.39. The third-order valence-corrected chi connectivity index (χ3v) is 5.67. The van der Waals surface area contributed by atoms with Gasteiger partial charge in [0.1, 0.15) is 5.60 Å². The van der Waals surface area contributed by atoms with Gasteiger partial charge in [-0.05, 0) is 63.8 Å². The molecule has 1 saturated heterocycles. The van der Waals surface area contributed by atoms with Gasteiger partial charge in [0, 0.05) is 18.3 Å². The first-order chi connectivity index (χ1) is 12.1. The first kappa shape index (κ1) is 18.1. The Kier molecular flexibility index (Phi) is 5.87. The highest BCUT2D eigenvalue weighted by molar-refractivity contribution is 5.31. The third-order valence-electron chi connectivity index (χ3n) is 5.67. The van der Waals surface area contributed by atoms with Crippen LogP contribution in [0.1, 0.15) is 57.2 Å². The summed E-state index contributed by atoms with van der Waals surface area (Å²) in [7, 11) is 0. The molecule has 1 N–H and O–H groups in total. The number of piperidine rings is 1. The predicted octanol–water partition coefficient (Wildman–Crippen LogP) is 4.36. The molecule has 0 spiro atoms. The van der Waals surface area contributed by atoms with Gasteiger partial charge in [0.2, 0.25) is 0 Å². The highest BCUT2D eigenvalue weighted by Crippen LogP contribution is 2.33. The Balaban J connectivity index is 1.75. The smallest absolute Gasteiger partial charge is 0.131 e. The van der Waals surface area contributed by atoms with Gasteiger partial charge in [-0.25, -0.2) is 0 Å². The topological polar surface area (TPSA) is 36.4 Å². The van der Waals surface area contributed by atoms with Gasteiger partial charge in [-0.3, -0.25) is 9.88 Å². The lowest BCUT2D eigenvalue weighted by Crippen LogP contribution is -2.44. The van der Waals surface area contributed by atoms with Gasteiger partial charge >= 0.3 is 0 Å². The molecule has 0 saturated carbocycles. The summed E-state index contributed by atoms with van der Waals surface area (Å²) >= 11 is 0.